The second-order valence-corrected chi connectivity index (χ2v) is 8.09. The highest BCUT2D eigenvalue weighted by molar-refractivity contribution is 7.99. The van der Waals surface area contributed by atoms with Gasteiger partial charge in [0.05, 0.1) is 19.5 Å². The number of rotatable bonds is 12. The number of aromatic nitrogens is 3. The normalized spacial score (nSPS) is 10.7. The van der Waals surface area contributed by atoms with Gasteiger partial charge in [-0.2, -0.15) is 0 Å². The van der Waals surface area contributed by atoms with Gasteiger partial charge < -0.3 is 14.8 Å². The van der Waals surface area contributed by atoms with Crippen LogP contribution in [0.15, 0.2) is 53.7 Å². The number of carbonyl (C=O) groups is 1. The molecule has 0 aliphatic carbocycles. The summed E-state index contributed by atoms with van der Waals surface area (Å²) in [4.78, 5) is 12.3. The molecule has 0 aliphatic rings. The number of hydrogen-bond donors (Lipinski definition) is 1. The maximum atomic E-state index is 12.3. The predicted molar refractivity (Wildman–Crippen MR) is 128 cm³/mol. The average molecular weight is 455 g/mol. The van der Waals surface area contributed by atoms with Crippen molar-refractivity contribution in [1.82, 2.24) is 20.1 Å². The van der Waals surface area contributed by atoms with Gasteiger partial charge >= 0.3 is 0 Å². The van der Waals surface area contributed by atoms with E-state index in [1.54, 1.807) is 7.11 Å². The van der Waals surface area contributed by atoms with Crippen LogP contribution in [0.4, 0.5) is 0 Å². The molecular formula is C24H30N4O3S. The largest absolute Gasteiger partial charge is 0.497 e. The Balaban J connectivity index is 1.84. The highest BCUT2D eigenvalue weighted by Gasteiger charge is 2.17. The Kier molecular flexibility index (Phi) is 8.98. The smallest absolute Gasteiger partial charge is 0.230 e. The third-order valence-corrected chi connectivity index (χ3v) is 5.75. The van der Waals surface area contributed by atoms with Crippen LogP contribution in [0, 0.1) is 0 Å². The summed E-state index contributed by atoms with van der Waals surface area (Å²) >= 11 is 1.37. The van der Waals surface area contributed by atoms with Crippen LogP contribution in [0.1, 0.15) is 33.1 Å². The molecule has 32 heavy (non-hydrogen) atoms. The van der Waals surface area contributed by atoms with Crippen LogP contribution in [0.25, 0.3) is 17.1 Å². The fourth-order valence-electron chi connectivity index (χ4n) is 3.17. The number of carbonyl (C=O) groups excluding carboxylic acids is 1. The number of nitrogens with zero attached hydrogens (tertiary/aromatic N) is 3. The molecule has 0 unspecified atom stereocenters. The first kappa shape index (κ1) is 23.7. The Labute approximate surface area is 193 Å². The summed E-state index contributed by atoms with van der Waals surface area (Å²) in [5, 5.41) is 12.4. The Morgan fingerprint density at radius 3 is 2.38 bits per heavy atom. The number of amides is 1. The van der Waals surface area contributed by atoms with Crippen LogP contribution in [-0.4, -0.2) is 46.7 Å². The number of ether oxygens (including phenoxy) is 2. The number of methoxy groups -OCH3 is 1. The summed E-state index contributed by atoms with van der Waals surface area (Å²) in [6, 6.07) is 15.5. The zero-order valence-corrected chi connectivity index (χ0v) is 19.7. The van der Waals surface area contributed by atoms with Gasteiger partial charge in [0.2, 0.25) is 5.91 Å². The summed E-state index contributed by atoms with van der Waals surface area (Å²) in [7, 11) is 1.64. The van der Waals surface area contributed by atoms with Crippen LogP contribution < -0.4 is 14.8 Å². The molecule has 0 aliphatic heterocycles. The zero-order chi connectivity index (χ0) is 22.8. The summed E-state index contributed by atoms with van der Waals surface area (Å²) < 4.78 is 12.8. The minimum absolute atomic E-state index is 0.00153. The lowest BCUT2D eigenvalue weighted by molar-refractivity contribution is -0.118. The summed E-state index contributed by atoms with van der Waals surface area (Å²) in [6.45, 7) is 5.41. The molecule has 1 heterocycles. The van der Waals surface area contributed by atoms with Crippen molar-refractivity contribution < 1.29 is 14.3 Å². The minimum Gasteiger partial charge on any atom is -0.497 e. The molecule has 0 saturated carbocycles. The SMILES string of the molecule is CCCCCNC(=O)CSc1nnc(-c2ccc(OC)cc2)n1-c1ccc(OCC)cc1. The molecule has 0 spiro atoms. The molecule has 3 aromatic rings. The van der Waals surface area contributed by atoms with Crippen LogP contribution in [0.2, 0.25) is 0 Å². The van der Waals surface area contributed by atoms with Crippen LogP contribution in [0.3, 0.4) is 0 Å². The standard InChI is InChI=1S/C24H30N4O3S/c1-4-6-7-16-25-22(29)17-32-24-27-26-23(18-8-12-20(30-3)13-9-18)28(24)19-10-14-21(15-11-19)31-5-2/h8-15H,4-7,16-17H2,1-3H3,(H,25,29). The first-order valence-corrected chi connectivity index (χ1v) is 11.9. The Bertz CT molecular complexity index is 987. The van der Waals surface area contributed by atoms with Gasteiger partial charge in [-0.05, 0) is 61.9 Å². The first-order valence-electron chi connectivity index (χ1n) is 10.9. The third kappa shape index (κ3) is 6.26. The maximum Gasteiger partial charge on any atom is 0.230 e. The van der Waals surface area contributed by atoms with E-state index in [4.69, 9.17) is 9.47 Å². The lowest BCUT2D eigenvalue weighted by Crippen LogP contribution is -2.26. The summed E-state index contributed by atoms with van der Waals surface area (Å²) in [5.74, 6) is 2.55. The van der Waals surface area contributed by atoms with Crippen LogP contribution in [0.5, 0.6) is 11.5 Å². The van der Waals surface area contributed by atoms with Crippen molar-refractivity contribution in [2.24, 2.45) is 0 Å². The lowest BCUT2D eigenvalue weighted by atomic mass is 10.2. The van der Waals surface area contributed by atoms with Crippen molar-refractivity contribution >= 4 is 17.7 Å². The van der Waals surface area contributed by atoms with Crippen LogP contribution in [-0.2, 0) is 4.79 Å². The summed E-state index contributed by atoms with van der Waals surface area (Å²) in [5.41, 5.74) is 1.80. The molecule has 8 heteroatoms. The van der Waals surface area contributed by atoms with Crippen molar-refractivity contribution in [3.05, 3.63) is 48.5 Å². The number of nitrogens with one attached hydrogen (secondary N) is 1. The van der Waals surface area contributed by atoms with Gasteiger partial charge in [0.15, 0.2) is 11.0 Å². The predicted octanol–water partition coefficient (Wildman–Crippen LogP) is 4.74. The van der Waals surface area contributed by atoms with Gasteiger partial charge in [-0.1, -0.05) is 31.5 Å². The molecular weight excluding hydrogens is 424 g/mol. The average Bonchev–Trinajstić information content (AvgIpc) is 3.25. The highest BCUT2D eigenvalue weighted by atomic mass is 32.2. The van der Waals surface area contributed by atoms with Crippen molar-refractivity contribution in [2.75, 3.05) is 26.0 Å². The molecule has 0 atom stereocenters. The van der Waals surface area contributed by atoms with Crippen molar-refractivity contribution in [3.63, 3.8) is 0 Å². The molecule has 0 bridgehead atoms. The molecule has 7 nitrogen and oxygen atoms in total. The summed E-state index contributed by atoms with van der Waals surface area (Å²) in [6.07, 6.45) is 3.24. The van der Waals surface area contributed by atoms with Gasteiger partial charge in [0.1, 0.15) is 11.5 Å². The van der Waals surface area contributed by atoms with E-state index in [1.807, 2.05) is 60.0 Å². The molecule has 1 amide bonds. The van der Waals surface area contributed by atoms with E-state index in [1.165, 1.54) is 11.8 Å². The molecule has 2 aromatic carbocycles. The first-order chi connectivity index (χ1) is 15.7. The second-order valence-electron chi connectivity index (χ2n) is 7.14. The molecule has 0 fully saturated rings. The molecule has 3 rings (SSSR count). The number of benzene rings is 2. The van der Waals surface area contributed by atoms with E-state index in [0.717, 1.165) is 42.0 Å². The highest BCUT2D eigenvalue weighted by Crippen LogP contribution is 2.29. The van der Waals surface area contributed by atoms with E-state index in [9.17, 15) is 4.79 Å². The monoisotopic (exact) mass is 454 g/mol. The zero-order valence-electron chi connectivity index (χ0n) is 18.8. The third-order valence-electron chi connectivity index (χ3n) is 4.82. The quantitative estimate of drug-likeness (QED) is 0.315. The minimum atomic E-state index is -0.00153. The van der Waals surface area contributed by atoms with Gasteiger partial charge in [0, 0.05) is 17.8 Å². The van der Waals surface area contributed by atoms with E-state index < -0.39 is 0 Å². The van der Waals surface area contributed by atoms with E-state index in [2.05, 4.69) is 22.4 Å². The Hall–Kier alpha value is -3.00. The van der Waals surface area contributed by atoms with E-state index in [-0.39, 0.29) is 11.7 Å². The van der Waals surface area contributed by atoms with E-state index >= 15 is 0 Å². The Morgan fingerprint density at radius 2 is 1.72 bits per heavy atom. The van der Waals surface area contributed by atoms with Gasteiger partial charge in [-0.25, -0.2) is 0 Å². The molecule has 1 aromatic heterocycles. The van der Waals surface area contributed by atoms with Gasteiger partial charge in [-0.3, -0.25) is 9.36 Å². The molecule has 0 saturated heterocycles. The fraction of sp³-hybridized carbons (Fsp3) is 0.375. The second kappa shape index (κ2) is 12.1. The van der Waals surface area contributed by atoms with Gasteiger partial charge in [-0.15, -0.1) is 10.2 Å². The lowest BCUT2D eigenvalue weighted by Gasteiger charge is -2.12. The topological polar surface area (TPSA) is 78.3 Å². The van der Waals surface area contributed by atoms with Crippen molar-refractivity contribution in [1.29, 1.82) is 0 Å². The van der Waals surface area contributed by atoms with E-state index in [0.29, 0.717) is 24.1 Å². The van der Waals surface area contributed by atoms with Crippen molar-refractivity contribution in [3.8, 4) is 28.6 Å². The number of hydrogen-bond acceptors (Lipinski definition) is 6. The molecule has 0 radical (unpaired) electrons. The van der Waals surface area contributed by atoms with Crippen molar-refractivity contribution in [2.45, 2.75) is 38.3 Å². The molecule has 1 N–H and O–H groups in total. The number of thioether (sulfide) groups is 1. The Morgan fingerprint density at radius 1 is 1.00 bits per heavy atom. The maximum absolute atomic E-state index is 12.3. The van der Waals surface area contributed by atoms with Crippen LogP contribution >= 0.6 is 11.8 Å². The number of unbranched alkanes of at least 4 members (excludes halogenated alkanes) is 2. The molecule has 170 valence electrons. The van der Waals surface area contributed by atoms with Gasteiger partial charge in [0.25, 0.3) is 0 Å². The fourth-order valence-corrected chi connectivity index (χ4v) is 3.95.